The lowest BCUT2D eigenvalue weighted by molar-refractivity contribution is -0.122. The van der Waals surface area contributed by atoms with Gasteiger partial charge in [-0.05, 0) is 51.0 Å². The molecule has 126 valence electrons. The number of fused-ring (bicyclic) bond motifs is 2. The van der Waals surface area contributed by atoms with Crippen LogP contribution in [0.4, 0.5) is 5.69 Å². The smallest absolute Gasteiger partial charge is 0.337 e. The Kier molecular flexibility index (Phi) is 2.98. The van der Waals surface area contributed by atoms with Crippen molar-refractivity contribution in [2.45, 2.75) is 37.9 Å². The van der Waals surface area contributed by atoms with Crippen LogP contribution in [0.25, 0.3) is 0 Å². The maximum Gasteiger partial charge on any atom is 0.337 e. The molecule has 2 amide bonds. The number of ether oxygens (including phenoxy) is 2. The zero-order chi connectivity index (χ0) is 17.3. The number of imide groups is 1. The molecular weight excluding hydrogens is 310 g/mol. The van der Waals surface area contributed by atoms with Crippen LogP contribution in [-0.4, -0.2) is 36.1 Å². The molecule has 0 radical (unpaired) electrons. The van der Waals surface area contributed by atoms with Gasteiger partial charge in [-0.25, -0.2) is 4.79 Å². The van der Waals surface area contributed by atoms with E-state index in [4.69, 9.17) is 4.74 Å². The van der Waals surface area contributed by atoms with Crippen molar-refractivity contribution < 1.29 is 23.9 Å². The molecule has 1 saturated carbocycles. The molecule has 0 spiro atoms. The number of hydrogen-bond acceptors (Lipinski definition) is 5. The number of carbonyl (C=O) groups is 3. The van der Waals surface area contributed by atoms with Crippen LogP contribution >= 0.6 is 0 Å². The molecule has 1 aromatic carbocycles. The lowest BCUT2D eigenvalue weighted by atomic mass is 9.70. The molecule has 6 heteroatoms. The highest BCUT2D eigenvalue weighted by atomic mass is 16.6. The number of amides is 2. The van der Waals surface area contributed by atoms with E-state index in [2.05, 4.69) is 4.74 Å². The summed E-state index contributed by atoms with van der Waals surface area (Å²) in [6.45, 7) is 4.02. The summed E-state index contributed by atoms with van der Waals surface area (Å²) >= 11 is 0. The Morgan fingerprint density at radius 1 is 1.08 bits per heavy atom. The molecule has 0 unspecified atom stereocenters. The summed E-state index contributed by atoms with van der Waals surface area (Å²) in [5.74, 6) is -1.44. The fourth-order valence-corrected chi connectivity index (χ4v) is 4.19. The van der Waals surface area contributed by atoms with Crippen LogP contribution in [0, 0.1) is 11.8 Å². The predicted molar refractivity (Wildman–Crippen MR) is 84.4 cm³/mol. The topological polar surface area (TPSA) is 76.2 Å². The Morgan fingerprint density at radius 2 is 1.58 bits per heavy atom. The fourth-order valence-electron chi connectivity index (χ4n) is 4.19. The summed E-state index contributed by atoms with van der Waals surface area (Å²) in [6, 6.07) is 6.35. The molecule has 2 aliphatic heterocycles. The Balaban J connectivity index is 1.62. The molecule has 2 saturated heterocycles. The number of benzene rings is 1. The quantitative estimate of drug-likeness (QED) is 0.471. The van der Waals surface area contributed by atoms with E-state index in [1.165, 1.54) is 12.0 Å². The lowest BCUT2D eigenvalue weighted by Gasteiger charge is -2.26. The number of epoxide rings is 1. The zero-order valence-corrected chi connectivity index (χ0v) is 13.9. The number of anilines is 1. The van der Waals surface area contributed by atoms with Crippen LogP contribution < -0.4 is 4.90 Å². The van der Waals surface area contributed by atoms with E-state index >= 15 is 0 Å². The average Bonchev–Trinajstić information content (AvgIpc) is 3.06. The Hall–Kier alpha value is -2.21. The monoisotopic (exact) mass is 329 g/mol. The first-order valence-corrected chi connectivity index (χ1v) is 8.06. The van der Waals surface area contributed by atoms with Gasteiger partial charge in [-0.3, -0.25) is 14.5 Å². The van der Waals surface area contributed by atoms with Crippen molar-refractivity contribution in [3.63, 3.8) is 0 Å². The molecule has 1 aromatic rings. The van der Waals surface area contributed by atoms with Gasteiger partial charge in [-0.1, -0.05) is 0 Å². The van der Waals surface area contributed by atoms with Gasteiger partial charge in [0.2, 0.25) is 11.8 Å². The van der Waals surface area contributed by atoms with Gasteiger partial charge in [-0.15, -0.1) is 0 Å². The molecule has 0 N–H and O–H groups in total. The highest BCUT2D eigenvalue weighted by molar-refractivity contribution is 6.22. The van der Waals surface area contributed by atoms with Gasteiger partial charge >= 0.3 is 5.97 Å². The Morgan fingerprint density at radius 3 is 2.04 bits per heavy atom. The summed E-state index contributed by atoms with van der Waals surface area (Å²) < 4.78 is 10.5. The van der Waals surface area contributed by atoms with Crippen molar-refractivity contribution in [2.24, 2.45) is 11.8 Å². The van der Waals surface area contributed by atoms with Gasteiger partial charge in [0.25, 0.3) is 0 Å². The molecule has 24 heavy (non-hydrogen) atoms. The number of nitrogens with zero attached hydrogens (tertiary/aromatic N) is 1. The molecular formula is C18H19NO5. The molecule has 3 aliphatic rings. The summed E-state index contributed by atoms with van der Waals surface area (Å²) in [7, 11) is 1.31. The van der Waals surface area contributed by atoms with Crippen LogP contribution in [0.2, 0.25) is 0 Å². The van der Waals surface area contributed by atoms with Gasteiger partial charge in [0, 0.05) is 0 Å². The van der Waals surface area contributed by atoms with Crippen LogP contribution in [0.3, 0.4) is 0 Å². The number of carbonyl (C=O) groups excluding carboxylic acids is 3. The Labute approximate surface area is 139 Å². The minimum atomic E-state index is -0.451. The van der Waals surface area contributed by atoms with Crippen LogP contribution in [-0.2, 0) is 19.1 Å². The average molecular weight is 329 g/mol. The maximum absolute atomic E-state index is 12.8. The van der Waals surface area contributed by atoms with E-state index in [-0.39, 0.29) is 34.9 Å². The summed E-state index contributed by atoms with van der Waals surface area (Å²) in [4.78, 5) is 38.4. The number of hydrogen-bond donors (Lipinski definition) is 0. The summed E-state index contributed by atoms with van der Waals surface area (Å²) in [5, 5.41) is 0. The standard InChI is InChI=1S/C18H19NO5/c1-17-8-12-13(9-18(17,2)24-17)15(21)19(14(12)20)11-6-4-10(5-7-11)16(22)23-3/h4-7,12-13H,8-9H2,1-3H3/t12-,13+,17+,18-. The van der Waals surface area contributed by atoms with Crippen molar-refractivity contribution in [1.29, 1.82) is 0 Å². The fraction of sp³-hybridized carbons (Fsp3) is 0.500. The van der Waals surface area contributed by atoms with E-state index in [1.54, 1.807) is 24.3 Å². The van der Waals surface area contributed by atoms with Gasteiger partial charge in [0.05, 0.1) is 41.4 Å². The second-order valence-corrected chi connectivity index (χ2v) is 7.24. The second kappa shape index (κ2) is 4.66. The minimum Gasteiger partial charge on any atom is -0.465 e. The third kappa shape index (κ3) is 1.89. The van der Waals surface area contributed by atoms with E-state index in [0.29, 0.717) is 24.1 Å². The van der Waals surface area contributed by atoms with Crippen LogP contribution in [0.5, 0.6) is 0 Å². The molecule has 6 nitrogen and oxygen atoms in total. The third-order valence-corrected chi connectivity index (χ3v) is 5.85. The summed E-state index contributed by atoms with van der Waals surface area (Å²) in [6.07, 6.45) is 1.16. The SMILES string of the molecule is COC(=O)c1ccc(N2C(=O)[C@H]3C[C@@]4(C)O[C@@]4(C)C[C@H]3C2=O)cc1. The molecule has 4 rings (SSSR count). The molecule has 0 aromatic heterocycles. The van der Waals surface area contributed by atoms with Gasteiger partial charge in [0.15, 0.2) is 0 Å². The van der Waals surface area contributed by atoms with E-state index in [0.717, 1.165) is 0 Å². The first-order valence-electron chi connectivity index (χ1n) is 8.06. The van der Waals surface area contributed by atoms with E-state index in [9.17, 15) is 14.4 Å². The van der Waals surface area contributed by atoms with E-state index in [1.807, 2.05) is 13.8 Å². The summed E-state index contributed by atoms with van der Waals surface area (Å²) in [5.41, 5.74) is 0.286. The number of methoxy groups -OCH3 is 1. The largest absolute Gasteiger partial charge is 0.465 e. The van der Waals surface area contributed by atoms with Crippen molar-refractivity contribution in [1.82, 2.24) is 0 Å². The molecule has 3 fully saturated rings. The molecule has 2 heterocycles. The normalized spacial score (nSPS) is 37.0. The van der Waals surface area contributed by atoms with E-state index < -0.39 is 5.97 Å². The van der Waals surface area contributed by atoms with Crippen molar-refractivity contribution >= 4 is 23.5 Å². The van der Waals surface area contributed by atoms with Crippen LogP contribution in [0.1, 0.15) is 37.0 Å². The first-order chi connectivity index (χ1) is 11.3. The molecule has 4 atom stereocenters. The highest BCUT2D eigenvalue weighted by Crippen LogP contribution is 2.61. The third-order valence-electron chi connectivity index (χ3n) is 5.85. The second-order valence-electron chi connectivity index (χ2n) is 7.24. The van der Waals surface area contributed by atoms with Crippen molar-refractivity contribution in [3.8, 4) is 0 Å². The minimum absolute atomic E-state index is 0.172. The zero-order valence-electron chi connectivity index (χ0n) is 13.9. The number of rotatable bonds is 2. The van der Waals surface area contributed by atoms with Gasteiger partial charge < -0.3 is 9.47 Å². The predicted octanol–water partition coefficient (Wildman–Crippen LogP) is 1.92. The molecule has 0 bridgehead atoms. The number of esters is 1. The lowest BCUT2D eigenvalue weighted by Crippen LogP contribution is -2.37. The highest BCUT2D eigenvalue weighted by Gasteiger charge is 2.71. The van der Waals surface area contributed by atoms with Crippen molar-refractivity contribution in [3.05, 3.63) is 29.8 Å². The first kappa shape index (κ1) is 15.3. The van der Waals surface area contributed by atoms with Gasteiger partial charge in [-0.2, -0.15) is 0 Å². The maximum atomic E-state index is 12.8. The Bertz CT molecular complexity index is 723. The molecule has 1 aliphatic carbocycles. The van der Waals surface area contributed by atoms with Crippen molar-refractivity contribution in [2.75, 3.05) is 12.0 Å². The van der Waals surface area contributed by atoms with Crippen LogP contribution in [0.15, 0.2) is 24.3 Å². The van der Waals surface area contributed by atoms with Gasteiger partial charge in [0.1, 0.15) is 0 Å².